The van der Waals surface area contributed by atoms with Gasteiger partial charge in [0.2, 0.25) is 5.83 Å². The average Bonchev–Trinajstić information content (AvgIpc) is 1.82. The lowest BCUT2D eigenvalue weighted by Gasteiger charge is -1.90. The van der Waals surface area contributed by atoms with Gasteiger partial charge in [0.25, 0.3) is 5.24 Å². The van der Waals surface area contributed by atoms with Crippen molar-refractivity contribution >= 4 is 16.8 Å². The minimum atomic E-state index is -1.14. The molecule has 0 aromatic carbocycles. The Morgan fingerprint density at radius 3 is 2.78 bits per heavy atom. The van der Waals surface area contributed by atoms with Crippen molar-refractivity contribution in [3.05, 3.63) is 12.1 Å². The van der Waals surface area contributed by atoms with E-state index in [9.17, 15) is 9.18 Å². The van der Waals surface area contributed by atoms with Gasteiger partial charge in [0.15, 0.2) is 0 Å². The first kappa shape index (κ1) is 8.43. The van der Waals surface area contributed by atoms with E-state index in [1.165, 1.54) is 0 Å². The molecule has 52 valence electrons. The third kappa shape index (κ3) is 3.97. The van der Waals surface area contributed by atoms with Gasteiger partial charge >= 0.3 is 0 Å². The maximum Gasteiger partial charge on any atom is 0.284 e. The fraction of sp³-hybridized carbons (Fsp3) is 0.400. The van der Waals surface area contributed by atoms with Crippen LogP contribution in [0, 0.1) is 0 Å². The zero-order chi connectivity index (χ0) is 7.28. The Kier molecular flexibility index (Phi) is 4.05. The normalized spacial score (nSPS) is 11.2. The molecule has 0 radical (unpaired) electrons. The van der Waals surface area contributed by atoms with Gasteiger partial charge in [-0.1, -0.05) is 0 Å². The molecule has 0 aromatic rings. The smallest absolute Gasteiger partial charge is 0.284 e. The van der Waals surface area contributed by atoms with E-state index in [0.29, 0.717) is 12.9 Å². The molecule has 2 nitrogen and oxygen atoms in total. The van der Waals surface area contributed by atoms with Crippen molar-refractivity contribution in [3.63, 3.8) is 0 Å². The van der Waals surface area contributed by atoms with Crippen molar-refractivity contribution < 1.29 is 13.9 Å². The lowest BCUT2D eigenvalue weighted by molar-refractivity contribution is -0.109. The molecule has 0 aliphatic carbocycles. The van der Waals surface area contributed by atoms with Crippen molar-refractivity contribution in [3.8, 4) is 0 Å². The molecule has 9 heavy (non-hydrogen) atoms. The quantitative estimate of drug-likeness (QED) is 0.349. The number of ether oxygens (including phenoxy) is 1. The number of rotatable bonds is 3. The first-order valence-electron chi connectivity index (χ1n) is 2.35. The topological polar surface area (TPSA) is 26.3 Å². The highest BCUT2D eigenvalue weighted by Gasteiger charge is 2.02. The van der Waals surface area contributed by atoms with Crippen LogP contribution < -0.4 is 0 Å². The summed E-state index contributed by atoms with van der Waals surface area (Å²) < 4.78 is 16.4. The fourth-order valence-corrected chi connectivity index (χ4v) is 0.247. The van der Waals surface area contributed by atoms with Crippen LogP contribution in [0.3, 0.4) is 0 Å². The molecule has 0 bridgehead atoms. The maximum absolute atomic E-state index is 12.0. The molecule has 0 unspecified atom stereocenters. The summed E-state index contributed by atoms with van der Waals surface area (Å²) in [5.41, 5.74) is 0. The highest BCUT2D eigenvalue weighted by atomic mass is 35.5. The van der Waals surface area contributed by atoms with Gasteiger partial charge in [0.05, 0.1) is 6.61 Å². The summed E-state index contributed by atoms with van der Waals surface area (Å²) in [6.07, 6.45) is 0.690. The Hall–Kier alpha value is -0.570. The van der Waals surface area contributed by atoms with E-state index in [1.54, 1.807) is 6.92 Å². The third-order valence-electron chi connectivity index (χ3n) is 0.541. The zero-order valence-corrected chi connectivity index (χ0v) is 5.61. The monoisotopic (exact) mass is 152 g/mol. The molecule has 4 heteroatoms. The van der Waals surface area contributed by atoms with E-state index in [2.05, 4.69) is 4.74 Å². The lowest BCUT2D eigenvalue weighted by Crippen LogP contribution is -1.88. The second-order valence-electron chi connectivity index (χ2n) is 1.19. The van der Waals surface area contributed by atoms with Crippen LogP contribution in [0.4, 0.5) is 4.39 Å². The largest absolute Gasteiger partial charge is 0.498 e. The summed E-state index contributed by atoms with van der Waals surface area (Å²) in [5, 5.41) is -1.14. The molecule has 0 saturated heterocycles. The van der Waals surface area contributed by atoms with E-state index in [4.69, 9.17) is 11.6 Å². The molecule has 0 aliphatic heterocycles. The summed E-state index contributed by atoms with van der Waals surface area (Å²) in [6.45, 7) is 1.99. The van der Waals surface area contributed by atoms with Gasteiger partial charge in [-0.3, -0.25) is 4.79 Å². The minimum Gasteiger partial charge on any atom is -0.498 e. The number of allylic oxidation sites excluding steroid dienone is 1. The predicted molar refractivity (Wildman–Crippen MR) is 31.7 cm³/mol. The van der Waals surface area contributed by atoms with Gasteiger partial charge < -0.3 is 4.74 Å². The molecule has 0 N–H and O–H groups in total. The van der Waals surface area contributed by atoms with E-state index in [0.717, 1.165) is 0 Å². The van der Waals surface area contributed by atoms with E-state index in [-0.39, 0.29) is 0 Å². The van der Waals surface area contributed by atoms with E-state index in [1.807, 2.05) is 0 Å². The molecule has 0 amide bonds. The molecule has 0 aliphatic rings. The van der Waals surface area contributed by atoms with Crippen molar-refractivity contribution in [2.75, 3.05) is 6.61 Å². The number of halogens is 2. The summed E-state index contributed by atoms with van der Waals surface area (Å²) in [6, 6.07) is 0. The van der Waals surface area contributed by atoms with Gasteiger partial charge in [-0.05, 0) is 18.5 Å². The zero-order valence-electron chi connectivity index (χ0n) is 4.86. The number of hydrogen-bond acceptors (Lipinski definition) is 2. The van der Waals surface area contributed by atoms with E-state index >= 15 is 0 Å². The van der Waals surface area contributed by atoms with Crippen LogP contribution in [0.2, 0.25) is 0 Å². The molecule has 0 fully saturated rings. The van der Waals surface area contributed by atoms with Gasteiger partial charge in [0, 0.05) is 0 Å². The molecule has 0 atom stereocenters. The second-order valence-corrected chi connectivity index (χ2v) is 1.54. The van der Waals surface area contributed by atoms with Crippen molar-refractivity contribution in [2.45, 2.75) is 6.92 Å². The van der Waals surface area contributed by atoms with Crippen molar-refractivity contribution in [1.82, 2.24) is 0 Å². The standard InChI is InChI=1S/C5H6ClFO2/c1-2-9-3-4(7)5(6)8/h3H,2H2,1H3/b4-3-. The number of hydrogen-bond donors (Lipinski definition) is 0. The molecule has 0 rings (SSSR count). The Bertz CT molecular complexity index is 133. The molecular weight excluding hydrogens is 147 g/mol. The van der Waals surface area contributed by atoms with Gasteiger partial charge in [-0.25, -0.2) is 0 Å². The van der Waals surface area contributed by atoms with Crippen molar-refractivity contribution in [1.29, 1.82) is 0 Å². The van der Waals surface area contributed by atoms with Crippen molar-refractivity contribution in [2.24, 2.45) is 0 Å². The summed E-state index contributed by atoms with van der Waals surface area (Å²) in [7, 11) is 0. The molecule has 0 aromatic heterocycles. The van der Waals surface area contributed by atoms with Gasteiger partial charge in [-0.2, -0.15) is 4.39 Å². The molecule has 0 spiro atoms. The van der Waals surface area contributed by atoms with Crippen LogP contribution in [-0.2, 0) is 9.53 Å². The average molecular weight is 153 g/mol. The van der Waals surface area contributed by atoms with Crippen LogP contribution in [0.5, 0.6) is 0 Å². The SMILES string of the molecule is CCO/C=C(\F)C(=O)Cl. The van der Waals surface area contributed by atoms with Crippen LogP contribution >= 0.6 is 11.6 Å². The second kappa shape index (κ2) is 4.32. The van der Waals surface area contributed by atoms with Gasteiger partial charge in [-0.15, -0.1) is 0 Å². The Balaban J connectivity index is 3.69. The predicted octanol–water partition coefficient (Wildman–Crippen LogP) is 1.60. The van der Waals surface area contributed by atoms with Crippen LogP contribution in [0.25, 0.3) is 0 Å². The summed E-state index contributed by atoms with van der Waals surface area (Å²) >= 11 is 4.70. The van der Waals surface area contributed by atoms with Crippen LogP contribution in [0.1, 0.15) is 6.92 Å². The highest BCUT2D eigenvalue weighted by molar-refractivity contribution is 6.67. The summed E-state index contributed by atoms with van der Waals surface area (Å²) in [4.78, 5) is 9.89. The Labute approximate surface area is 57.3 Å². The minimum absolute atomic E-state index is 0.317. The molecular formula is C5H6ClFO2. The van der Waals surface area contributed by atoms with Crippen LogP contribution in [0.15, 0.2) is 12.1 Å². The summed E-state index contributed by atoms with van der Waals surface area (Å²) in [5.74, 6) is -1.07. The lowest BCUT2D eigenvalue weighted by atomic mass is 10.6. The third-order valence-corrected chi connectivity index (χ3v) is 0.722. The molecule has 0 saturated carbocycles. The number of carbonyl (C=O) groups is 1. The highest BCUT2D eigenvalue weighted by Crippen LogP contribution is 2.00. The van der Waals surface area contributed by atoms with Gasteiger partial charge in [0.1, 0.15) is 6.26 Å². The Morgan fingerprint density at radius 1 is 1.89 bits per heavy atom. The van der Waals surface area contributed by atoms with E-state index < -0.39 is 11.1 Å². The first-order chi connectivity index (χ1) is 4.18. The first-order valence-corrected chi connectivity index (χ1v) is 2.73. The number of carbonyl (C=O) groups excluding carboxylic acids is 1. The Morgan fingerprint density at radius 2 is 2.44 bits per heavy atom. The fourth-order valence-electron chi connectivity index (χ4n) is 0.203. The maximum atomic E-state index is 12.0. The van der Waals surface area contributed by atoms with Crippen LogP contribution in [-0.4, -0.2) is 11.8 Å². The molecule has 0 heterocycles.